The molecule has 1 saturated heterocycles. The summed E-state index contributed by atoms with van der Waals surface area (Å²) in [5.74, 6) is 2.47. The molecule has 0 amide bonds. The highest BCUT2D eigenvalue weighted by molar-refractivity contribution is 5.37. The number of hydrogen-bond acceptors (Lipinski definition) is 2. The van der Waals surface area contributed by atoms with Crippen LogP contribution in [0.3, 0.4) is 0 Å². The van der Waals surface area contributed by atoms with E-state index in [1.54, 1.807) is 0 Å². The monoisotopic (exact) mass is 406 g/mol. The van der Waals surface area contributed by atoms with Gasteiger partial charge in [0.2, 0.25) is 0 Å². The van der Waals surface area contributed by atoms with Crippen LogP contribution in [0, 0.1) is 29.6 Å². The third kappa shape index (κ3) is 3.86. The van der Waals surface area contributed by atoms with E-state index >= 15 is 0 Å². The third-order valence-electron chi connectivity index (χ3n) is 7.94. The van der Waals surface area contributed by atoms with E-state index < -0.39 is 0 Å². The zero-order chi connectivity index (χ0) is 22.3. The zero-order valence-electron chi connectivity index (χ0n) is 20.2. The van der Waals surface area contributed by atoms with Gasteiger partial charge in [-0.2, -0.15) is 0 Å². The normalized spacial score (nSPS) is 31.8. The number of likely N-dealkylation sites (tertiary alicyclic amines) is 1. The maximum absolute atomic E-state index is 4.62. The molecule has 164 valence electrons. The first-order valence-corrected chi connectivity index (χ1v) is 11.8. The zero-order valence-corrected chi connectivity index (χ0v) is 20.2. The average Bonchev–Trinajstić information content (AvgIpc) is 2.83. The Labute approximate surface area is 185 Å². The topological polar surface area (TPSA) is 6.48 Å². The summed E-state index contributed by atoms with van der Waals surface area (Å²) >= 11 is 0. The van der Waals surface area contributed by atoms with Gasteiger partial charge < -0.3 is 9.80 Å². The van der Waals surface area contributed by atoms with Crippen LogP contribution in [-0.4, -0.2) is 15.8 Å². The average molecular weight is 407 g/mol. The third-order valence-corrected chi connectivity index (χ3v) is 7.94. The first-order valence-electron chi connectivity index (χ1n) is 11.8. The van der Waals surface area contributed by atoms with Crippen molar-refractivity contribution >= 4 is 0 Å². The van der Waals surface area contributed by atoms with Crippen LogP contribution in [0.25, 0.3) is 0 Å². The van der Waals surface area contributed by atoms with Gasteiger partial charge in [-0.05, 0) is 64.9 Å². The van der Waals surface area contributed by atoms with E-state index in [-0.39, 0.29) is 0 Å². The second kappa shape index (κ2) is 8.65. The molecule has 0 radical (unpaired) electrons. The van der Waals surface area contributed by atoms with Crippen LogP contribution >= 0.6 is 0 Å². The molecule has 30 heavy (non-hydrogen) atoms. The first kappa shape index (κ1) is 22.7. The molecule has 1 heterocycles. The van der Waals surface area contributed by atoms with Gasteiger partial charge >= 0.3 is 0 Å². The quantitative estimate of drug-likeness (QED) is 0.463. The molecule has 2 fully saturated rings. The molecule has 2 nitrogen and oxygen atoms in total. The van der Waals surface area contributed by atoms with E-state index in [0.717, 1.165) is 12.1 Å². The van der Waals surface area contributed by atoms with Crippen LogP contribution in [0.2, 0.25) is 0 Å². The molecule has 1 aliphatic heterocycles. The number of rotatable bonds is 5. The van der Waals surface area contributed by atoms with Gasteiger partial charge in [0, 0.05) is 52.3 Å². The standard InChI is InChI=1S/C28H42N2/c1-17(2)29(18(3)4)22(8)25-12-11-13-26-23(9)30(24(10)27(26)16-25)28-15-14-19(5)20(6)21(28)7/h14-15,18,20-21,25-27H,1,8-13,16H2,2-7H3/t20?,21-,25?,26?,27?/m0/s1. The van der Waals surface area contributed by atoms with Crippen molar-refractivity contribution in [1.29, 1.82) is 0 Å². The molecule has 3 aliphatic rings. The van der Waals surface area contributed by atoms with E-state index in [1.165, 1.54) is 47.6 Å². The Morgan fingerprint density at radius 2 is 1.67 bits per heavy atom. The minimum atomic E-state index is 0.386. The Kier molecular flexibility index (Phi) is 6.55. The van der Waals surface area contributed by atoms with Crippen molar-refractivity contribution in [3.8, 4) is 0 Å². The summed E-state index contributed by atoms with van der Waals surface area (Å²) in [6, 6.07) is 0.386. The maximum atomic E-state index is 4.62. The smallest absolute Gasteiger partial charge is 0.0278 e. The molecule has 0 N–H and O–H groups in total. The molecule has 4 unspecified atom stereocenters. The molecule has 2 aliphatic carbocycles. The van der Waals surface area contributed by atoms with Crippen LogP contribution in [-0.2, 0) is 0 Å². The molecule has 0 aromatic rings. The van der Waals surface area contributed by atoms with Gasteiger partial charge in [0.1, 0.15) is 0 Å². The highest BCUT2D eigenvalue weighted by atomic mass is 15.2. The maximum Gasteiger partial charge on any atom is 0.0278 e. The lowest BCUT2D eigenvalue weighted by atomic mass is 9.82. The Hall–Kier alpha value is -1.96. The second-order valence-corrected chi connectivity index (χ2v) is 10.2. The lowest BCUT2D eigenvalue weighted by molar-refractivity contribution is 0.287. The Bertz CT molecular complexity index is 808. The molecule has 0 bridgehead atoms. The Balaban J connectivity index is 1.87. The molecule has 0 aromatic carbocycles. The summed E-state index contributed by atoms with van der Waals surface area (Å²) in [5, 5.41) is 0. The summed E-state index contributed by atoms with van der Waals surface area (Å²) in [6.45, 7) is 31.4. The number of nitrogens with zero attached hydrogens (tertiary/aromatic N) is 2. The highest BCUT2D eigenvalue weighted by Crippen LogP contribution is 2.52. The Morgan fingerprint density at radius 1 is 1.03 bits per heavy atom. The van der Waals surface area contributed by atoms with Crippen molar-refractivity contribution in [2.45, 2.75) is 73.3 Å². The van der Waals surface area contributed by atoms with E-state index in [0.29, 0.717) is 35.6 Å². The van der Waals surface area contributed by atoms with Gasteiger partial charge in [-0.15, -0.1) is 0 Å². The molecule has 1 saturated carbocycles. The fraction of sp³-hybridized carbons (Fsp3) is 0.571. The van der Waals surface area contributed by atoms with Crippen molar-refractivity contribution in [2.24, 2.45) is 29.6 Å². The highest BCUT2D eigenvalue weighted by Gasteiger charge is 2.44. The van der Waals surface area contributed by atoms with Crippen molar-refractivity contribution in [3.05, 3.63) is 72.5 Å². The molecule has 0 aromatic heterocycles. The summed E-state index contributed by atoms with van der Waals surface area (Å²) in [5.41, 5.74) is 7.65. The van der Waals surface area contributed by atoms with Gasteiger partial charge in [-0.25, -0.2) is 0 Å². The molecular weight excluding hydrogens is 364 g/mol. The lowest BCUT2D eigenvalue weighted by Crippen LogP contribution is -2.32. The van der Waals surface area contributed by atoms with Crippen molar-refractivity contribution in [1.82, 2.24) is 9.80 Å². The molecule has 0 spiro atoms. The van der Waals surface area contributed by atoms with Crippen LogP contribution < -0.4 is 0 Å². The fourth-order valence-electron chi connectivity index (χ4n) is 5.95. The van der Waals surface area contributed by atoms with Crippen LogP contribution in [0.4, 0.5) is 0 Å². The summed E-state index contributed by atoms with van der Waals surface area (Å²) in [6.07, 6.45) is 9.31. The predicted octanol–water partition coefficient (Wildman–Crippen LogP) is 7.63. The lowest BCUT2D eigenvalue weighted by Gasteiger charge is -2.37. The van der Waals surface area contributed by atoms with Crippen LogP contribution in [0.1, 0.15) is 67.2 Å². The molecular formula is C28H42N2. The molecule has 2 heteroatoms. The largest absolute Gasteiger partial charge is 0.347 e. The fourth-order valence-corrected chi connectivity index (χ4v) is 5.95. The number of hydrogen-bond donors (Lipinski definition) is 0. The van der Waals surface area contributed by atoms with Crippen molar-refractivity contribution in [3.63, 3.8) is 0 Å². The van der Waals surface area contributed by atoms with E-state index in [9.17, 15) is 0 Å². The van der Waals surface area contributed by atoms with Gasteiger partial charge in [0.05, 0.1) is 0 Å². The molecule has 5 atom stereocenters. The van der Waals surface area contributed by atoms with Crippen molar-refractivity contribution < 1.29 is 0 Å². The summed E-state index contributed by atoms with van der Waals surface area (Å²) in [4.78, 5) is 4.75. The Morgan fingerprint density at radius 3 is 2.27 bits per heavy atom. The van der Waals surface area contributed by atoms with Crippen molar-refractivity contribution in [2.75, 3.05) is 0 Å². The van der Waals surface area contributed by atoms with Crippen LogP contribution in [0.15, 0.2) is 72.5 Å². The summed E-state index contributed by atoms with van der Waals surface area (Å²) in [7, 11) is 0. The van der Waals surface area contributed by atoms with Gasteiger partial charge in [-0.3, -0.25) is 0 Å². The van der Waals surface area contributed by atoms with Gasteiger partial charge in [0.25, 0.3) is 0 Å². The SMILES string of the molecule is C=C1C2CCCC(C(=C)N(C(=C)C)C(C)C)CC2C(=C)N1C1=CC=C(C)C(C)[C@@H]1C. The minimum Gasteiger partial charge on any atom is -0.347 e. The molecule has 3 rings (SSSR count). The number of fused-ring (bicyclic) bond motifs is 1. The summed E-state index contributed by atoms with van der Waals surface area (Å²) < 4.78 is 0. The first-order chi connectivity index (χ1) is 14.1. The van der Waals surface area contributed by atoms with E-state index in [2.05, 4.69) is 89.8 Å². The van der Waals surface area contributed by atoms with E-state index in [1.807, 2.05) is 0 Å². The van der Waals surface area contributed by atoms with Crippen LogP contribution in [0.5, 0.6) is 0 Å². The van der Waals surface area contributed by atoms with E-state index in [4.69, 9.17) is 0 Å². The minimum absolute atomic E-state index is 0.386. The van der Waals surface area contributed by atoms with Gasteiger partial charge in [0.15, 0.2) is 0 Å². The second-order valence-electron chi connectivity index (χ2n) is 10.2. The van der Waals surface area contributed by atoms with Gasteiger partial charge in [-0.1, -0.05) is 58.2 Å². The number of allylic oxidation sites excluding steroid dienone is 8. The predicted molar refractivity (Wildman–Crippen MR) is 130 cm³/mol.